The molecule has 0 atom stereocenters. The number of carbonyl (C=O) groups is 2. The number of carbonyl (C=O) groups excluding carboxylic acids is 2. The van der Waals surface area contributed by atoms with Crippen LogP contribution in [-0.4, -0.2) is 34.1 Å². The third-order valence-corrected chi connectivity index (χ3v) is 6.79. The number of furan rings is 1. The SMILES string of the molecule is Cc1ccc(C(C)C)c(OCCN2C(=O)S/C(=C\c3ccc(-c4ccc([N+](=O)[O-])cc4Cl)o3)C2=O)c1. The summed E-state index contributed by atoms with van der Waals surface area (Å²) in [5.74, 6) is 1.34. The first-order chi connectivity index (χ1) is 17.1. The van der Waals surface area contributed by atoms with E-state index >= 15 is 0 Å². The van der Waals surface area contributed by atoms with Crippen molar-refractivity contribution in [2.75, 3.05) is 13.2 Å². The summed E-state index contributed by atoms with van der Waals surface area (Å²) in [5, 5.41) is 10.7. The predicted molar refractivity (Wildman–Crippen MR) is 139 cm³/mol. The molecule has 1 aliphatic rings. The molecule has 1 saturated heterocycles. The highest BCUT2D eigenvalue weighted by atomic mass is 35.5. The van der Waals surface area contributed by atoms with Gasteiger partial charge in [0.05, 0.1) is 21.4 Å². The number of non-ortho nitro benzene ring substituents is 1. The number of rotatable bonds is 8. The van der Waals surface area contributed by atoms with E-state index < -0.39 is 10.8 Å². The van der Waals surface area contributed by atoms with Gasteiger partial charge < -0.3 is 9.15 Å². The summed E-state index contributed by atoms with van der Waals surface area (Å²) in [4.78, 5) is 37.1. The van der Waals surface area contributed by atoms with Crippen molar-refractivity contribution in [2.45, 2.75) is 26.7 Å². The Morgan fingerprint density at radius 2 is 1.94 bits per heavy atom. The number of ether oxygens (including phenoxy) is 1. The van der Waals surface area contributed by atoms with Crippen molar-refractivity contribution in [2.24, 2.45) is 0 Å². The maximum Gasteiger partial charge on any atom is 0.293 e. The lowest BCUT2D eigenvalue weighted by Crippen LogP contribution is -2.32. The van der Waals surface area contributed by atoms with Crippen LogP contribution in [0.15, 0.2) is 57.9 Å². The lowest BCUT2D eigenvalue weighted by atomic mass is 10.0. The molecular formula is C26H23ClN2O6S. The first-order valence-corrected chi connectivity index (χ1v) is 12.4. The Bertz CT molecular complexity index is 1380. The molecule has 0 spiro atoms. The monoisotopic (exact) mass is 526 g/mol. The van der Waals surface area contributed by atoms with E-state index in [1.165, 1.54) is 24.3 Å². The Balaban J connectivity index is 1.44. The zero-order chi connectivity index (χ0) is 26.0. The normalized spacial score (nSPS) is 14.8. The average Bonchev–Trinajstić information content (AvgIpc) is 3.38. The van der Waals surface area contributed by atoms with E-state index in [0.717, 1.165) is 33.5 Å². The molecular weight excluding hydrogens is 504 g/mol. The van der Waals surface area contributed by atoms with Crippen LogP contribution in [0.4, 0.5) is 10.5 Å². The van der Waals surface area contributed by atoms with Gasteiger partial charge in [-0.15, -0.1) is 0 Å². The molecule has 2 aromatic carbocycles. The number of imide groups is 1. The van der Waals surface area contributed by atoms with Gasteiger partial charge in [0.25, 0.3) is 16.8 Å². The fraction of sp³-hybridized carbons (Fsp3) is 0.231. The molecule has 0 bridgehead atoms. The lowest BCUT2D eigenvalue weighted by Gasteiger charge is -2.17. The molecule has 8 nitrogen and oxygen atoms in total. The number of aryl methyl sites for hydroxylation is 1. The van der Waals surface area contributed by atoms with Gasteiger partial charge in [0.2, 0.25) is 0 Å². The number of amides is 2. The Morgan fingerprint density at radius 3 is 2.64 bits per heavy atom. The minimum absolute atomic E-state index is 0.120. The molecule has 1 aliphatic heterocycles. The van der Waals surface area contributed by atoms with Crippen LogP contribution in [0.5, 0.6) is 5.75 Å². The van der Waals surface area contributed by atoms with Crippen LogP contribution in [0, 0.1) is 17.0 Å². The van der Waals surface area contributed by atoms with Gasteiger partial charge in [-0.2, -0.15) is 0 Å². The second kappa shape index (κ2) is 10.6. The largest absolute Gasteiger partial charge is 0.491 e. The minimum atomic E-state index is -0.533. The van der Waals surface area contributed by atoms with Crippen molar-refractivity contribution in [1.82, 2.24) is 4.90 Å². The number of halogens is 1. The molecule has 1 aromatic heterocycles. The summed E-state index contributed by atoms with van der Waals surface area (Å²) < 4.78 is 11.7. The van der Waals surface area contributed by atoms with Crippen LogP contribution in [-0.2, 0) is 4.79 Å². The highest BCUT2D eigenvalue weighted by Crippen LogP contribution is 2.36. The molecule has 1 fully saturated rings. The summed E-state index contributed by atoms with van der Waals surface area (Å²) in [6.45, 7) is 6.43. The number of nitro benzene ring substituents is 1. The number of hydrogen-bond donors (Lipinski definition) is 0. The second-order valence-electron chi connectivity index (χ2n) is 8.50. The molecule has 4 rings (SSSR count). The average molecular weight is 527 g/mol. The molecule has 2 heterocycles. The van der Waals surface area contributed by atoms with Crippen molar-refractivity contribution >= 4 is 46.3 Å². The van der Waals surface area contributed by atoms with E-state index in [1.807, 2.05) is 25.1 Å². The van der Waals surface area contributed by atoms with Crippen molar-refractivity contribution in [3.05, 3.63) is 85.5 Å². The lowest BCUT2D eigenvalue weighted by molar-refractivity contribution is -0.384. The molecule has 0 saturated carbocycles. The van der Waals surface area contributed by atoms with E-state index in [-0.39, 0.29) is 39.9 Å². The van der Waals surface area contributed by atoms with E-state index in [0.29, 0.717) is 17.1 Å². The van der Waals surface area contributed by atoms with E-state index in [2.05, 4.69) is 13.8 Å². The van der Waals surface area contributed by atoms with Gasteiger partial charge in [0, 0.05) is 23.8 Å². The van der Waals surface area contributed by atoms with Gasteiger partial charge >= 0.3 is 0 Å². The third kappa shape index (κ3) is 5.47. The molecule has 10 heteroatoms. The summed E-state index contributed by atoms with van der Waals surface area (Å²) in [6, 6.07) is 13.4. The third-order valence-electron chi connectivity index (χ3n) is 5.57. The first-order valence-electron chi connectivity index (χ1n) is 11.2. The van der Waals surface area contributed by atoms with Crippen LogP contribution >= 0.6 is 23.4 Å². The number of thioether (sulfide) groups is 1. The van der Waals surface area contributed by atoms with Gasteiger partial charge in [-0.05, 0) is 60.0 Å². The molecule has 0 N–H and O–H groups in total. The fourth-order valence-electron chi connectivity index (χ4n) is 3.70. The standard InChI is InChI=1S/C26H23ClN2O6S/c1-15(2)19-7-4-16(3)12-23(19)34-11-10-28-25(30)24(36-26(28)31)14-18-6-9-22(35-18)20-8-5-17(29(32)33)13-21(20)27/h4-9,12-15H,10-11H2,1-3H3/b24-14-. The number of benzene rings is 2. The van der Waals surface area contributed by atoms with Crippen LogP contribution in [0.1, 0.15) is 36.7 Å². The van der Waals surface area contributed by atoms with E-state index in [4.69, 9.17) is 20.8 Å². The molecule has 0 radical (unpaired) electrons. The molecule has 0 unspecified atom stereocenters. The van der Waals surface area contributed by atoms with Gasteiger partial charge in [-0.3, -0.25) is 24.6 Å². The zero-order valence-corrected chi connectivity index (χ0v) is 21.4. The summed E-state index contributed by atoms with van der Waals surface area (Å²) in [7, 11) is 0. The maximum atomic E-state index is 12.9. The van der Waals surface area contributed by atoms with Gasteiger partial charge in [0.1, 0.15) is 23.9 Å². The highest BCUT2D eigenvalue weighted by Gasteiger charge is 2.35. The van der Waals surface area contributed by atoms with Crippen LogP contribution < -0.4 is 4.74 Å². The van der Waals surface area contributed by atoms with Crippen LogP contribution in [0.25, 0.3) is 17.4 Å². The Hall–Kier alpha value is -3.56. The quantitative estimate of drug-likeness (QED) is 0.176. The first kappa shape index (κ1) is 25.5. The van der Waals surface area contributed by atoms with Crippen molar-refractivity contribution in [1.29, 1.82) is 0 Å². The van der Waals surface area contributed by atoms with Crippen molar-refractivity contribution < 1.29 is 23.7 Å². The fourth-order valence-corrected chi connectivity index (χ4v) is 4.82. The molecule has 36 heavy (non-hydrogen) atoms. The van der Waals surface area contributed by atoms with E-state index in [1.54, 1.807) is 12.1 Å². The molecule has 0 aliphatic carbocycles. The van der Waals surface area contributed by atoms with E-state index in [9.17, 15) is 19.7 Å². The Kier molecular flexibility index (Phi) is 7.51. The summed E-state index contributed by atoms with van der Waals surface area (Å²) >= 11 is 7.00. The zero-order valence-electron chi connectivity index (χ0n) is 19.8. The number of nitrogens with zero attached hydrogens (tertiary/aromatic N) is 2. The van der Waals surface area contributed by atoms with Gasteiger partial charge in [-0.25, -0.2) is 0 Å². The van der Waals surface area contributed by atoms with Crippen molar-refractivity contribution in [3.8, 4) is 17.1 Å². The van der Waals surface area contributed by atoms with Crippen LogP contribution in [0.2, 0.25) is 5.02 Å². The number of hydrogen-bond acceptors (Lipinski definition) is 7. The molecule has 3 aromatic rings. The molecule has 186 valence electrons. The minimum Gasteiger partial charge on any atom is -0.491 e. The smallest absolute Gasteiger partial charge is 0.293 e. The number of nitro groups is 1. The Morgan fingerprint density at radius 1 is 1.17 bits per heavy atom. The van der Waals surface area contributed by atoms with Crippen molar-refractivity contribution in [3.63, 3.8) is 0 Å². The van der Waals surface area contributed by atoms with Crippen LogP contribution in [0.3, 0.4) is 0 Å². The predicted octanol–water partition coefficient (Wildman–Crippen LogP) is 7.06. The topological polar surface area (TPSA) is 103 Å². The van der Waals surface area contributed by atoms with Gasteiger partial charge in [-0.1, -0.05) is 37.6 Å². The maximum absolute atomic E-state index is 12.9. The highest BCUT2D eigenvalue weighted by molar-refractivity contribution is 8.18. The van der Waals surface area contributed by atoms with Gasteiger partial charge in [0.15, 0.2) is 0 Å². The Labute approximate surface area is 217 Å². The summed E-state index contributed by atoms with van der Waals surface area (Å²) in [6.07, 6.45) is 1.49. The summed E-state index contributed by atoms with van der Waals surface area (Å²) in [5.41, 5.74) is 2.48. The second-order valence-corrected chi connectivity index (χ2v) is 9.90. The molecule has 2 amide bonds.